The molecule has 2 nitrogen and oxygen atoms in total. The summed E-state index contributed by atoms with van der Waals surface area (Å²) in [5, 5.41) is 12.8. The number of halogens is 2. The van der Waals surface area contributed by atoms with Gasteiger partial charge < -0.3 is 5.11 Å². The van der Waals surface area contributed by atoms with Crippen molar-refractivity contribution in [3.8, 4) is 0 Å². The van der Waals surface area contributed by atoms with Crippen molar-refractivity contribution < 1.29 is 5.11 Å². The molecule has 0 bridgehead atoms. The van der Waals surface area contributed by atoms with Crippen LogP contribution < -0.4 is 0 Å². The topological polar surface area (TPSA) is 33.1 Å². The van der Waals surface area contributed by atoms with Crippen molar-refractivity contribution in [3.63, 3.8) is 0 Å². The lowest BCUT2D eigenvalue weighted by Gasteiger charge is -2.29. The van der Waals surface area contributed by atoms with Gasteiger partial charge in [0.1, 0.15) is 0 Å². The molecule has 0 aliphatic heterocycles. The fraction of sp³-hybridized carbons (Fsp3) is 0.105. The number of pyridine rings is 1. The standard InChI is InChI=1S/C19H15Cl2NO/c1-13-3-2-4-18(22-13)19(23,14-5-9-16(20)10-6-14)15-7-11-17(21)12-8-15/h2-12,23H,1H3. The number of aryl methyl sites for hydroxylation is 1. The largest absolute Gasteiger partial charge is 0.374 e. The molecule has 1 heterocycles. The monoisotopic (exact) mass is 343 g/mol. The fourth-order valence-electron chi connectivity index (χ4n) is 2.59. The molecule has 23 heavy (non-hydrogen) atoms. The lowest BCUT2D eigenvalue weighted by molar-refractivity contribution is 0.120. The van der Waals surface area contributed by atoms with Crippen molar-refractivity contribution in [1.82, 2.24) is 4.98 Å². The number of nitrogens with zero attached hydrogens (tertiary/aromatic N) is 1. The van der Waals surface area contributed by atoms with Gasteiger partial charge in [0.2, 0.25) is 0 Å². The lowest BCUT2D eigenvalue weighted by Crippen LogP contribution is -2.30. The van der Waals surface area contributed by atoms with E-state index in [-0.39, 0.29) is 0 Å². The Kier molecular flexibility index (Phi) is 4.40. The summed E-state index contributed by atoms with van der Waals surface area (Å²) in [5.41, 5.74) is 1.41. The molecule has 0 aliphatic carbocycles. The average molecular weight is 344 g/mol. The quantitative estimate of drug-likeness (QED) is 0.727. The number of rotatable bonds is 3. The Bertz CT molecular complexity index is 768. The van der Waals surface area contributed by atoms with Gasteiger partial charge in [-0.25, -0.2) is 0 Å². The van der Waals surface area contributed by atoms with Gasteiger partial charge >= 0.3 is 0 Å². The van der Waals surface area contributed by atoms with Gasteiger partial charge in [0.15, 0.2) is 5.60 Å². The van der Waals surface area contributed by atoms with Crippen LogP contribution in [-0.4, -0.2) is 10.1 Å². The summed E-state index contributed by atoms with van der Waals surface area (Å²) < 4.78 is 0. The first-order valence-corrected chi connectivity index (χ1v) is 7.94. The van der Waals surface area contributed by atoms with E-state index in [4.69, 9.17) is 23.2 Å². The molecule has 0 unspecified atom stereocenters. The van der Waals surface area contributed by atoms with E-state index in [1.165, 1.54) is 0 Å². The van der Waals surface area contributed by atoms with Gasteiger partial charge in [-0.05, 0) is 54.4 Å². The van der Waals surface area contributed by atoms with Crippen molar-refractivity contribution >= 4 is 23.2 Å². The van der Waals surface area contributed by atoms with Crippen LogP contribution in [0.5, 0.6) is 0 Å². The van der Waals surface area contributed by atoms with E-state index in [1.54, 1.807) is 48.5 Å². The van der Waals surface area contributed by atoms with Gasteiger partial charge in [0, 0.05) is 15.7 Å². The zero-order chi connectivity index (χ0) is 16.4. The van der Waals surface area contributed by atoms with Gasteiger partial charge in [0.25, 0.3) is 0 Å². The normalized spacial score (nSPS) is 11.5. The average Bonchev–Trinajstić information content (AvgIpc) is 2.55. The summed E-state index contributed by atoms with van der Waals surface area (Å²) in [6.07, 6.45) is 0. The Morgan fingerprint density at radius 3 is 1.70 bits per heavy atom. The maximum atomic E-state index is 11.6. The van der Waals surface area contributed by atoms with E-state index in [0.29, 0.717) is 26.9 Å². The van der Waals surface area contributed by atoms with Crippen molar-refractivity contribution in [2.24, 2.45) is 0 Å². The third kappa shape index (κ3) is 3.11. The Morgan fingerprint density at radius 1 is 0.783 bits per heavy atom. The van der Waals surface area contributed by atoms with Crippen LogP contribution >= 0.6 is 23.2 Å². The van der Waals surface area contributed by atoms with Crippen LogP contribution in [-0.2, 0) is 5.60 Å². The second-order valence-electron chi connectivity index (χ2n) is 5.39. The summed E-state index contributed by atoms with van der Waals surface area (Å²) in [6.45, 7) is 1.90. The molecule has 0 atom stereocenters. The minimum atomic E-state index is -1.37. The van der Waals surface area contributed by atoms with Crippen LogP contribution in [0, 0.1) is 6.92 Å². The zero-order valence-corrected chi connectivity index (χ0v) is 14.0. The number of benzene rings is 2. The van der Waals surface area contributed by atoms with Gasteiger partial charge in [-0.2, -0.15) is 0 Å². The molecule has 0 saturated carbocycles. The van der Waals surface area contributed by atoms with Gasteiger partial charge in [-0.1, -0.05) is 53.5 Å². The summed E-state index contributed by atoms with van der Waals surface area (Å²) in [5.74, 6) is 0. The van der Waals surface area contributed by atoms with E-state index in [2.05, 4.69) is 4.98 Å². The smallest absolute Gasteiger partial charge is 0.157 e. The molecule has 116 valence electrons. The van der Waals surface area contributed by atoms with Crippen LogP contribution in [0.25, 0.3) is 0 Å². The summed E-state index contributed by atoms with van der Waals surface area (Å²) in [6, 6.07) is 19.9. The predicted molar refractivity (Wildman–Crippen MR) is 94.0 cm³/mol. The first-order valence-electron chi connectivity index (χ1n) is 7.19. The minimum absolute atomic E-state index is 0.558. The highest BCUT2D eigenvalue weighted by molar-refractivity contribution is 6.30. The van der Waals surface area contributed by atoms with Crippen molar-refractivity contribution in [1.29, 1.82) is 0 Å². The number of hydrogen-bond acceptors (Lipinski definition) is 2. The summed E-state index contributed by atoms with van der Waals surface area (Å²) in [7, 11) is 0. The molecule has 4 heteroatoms. The first-order chi connectivity index (χ1) is 11.0. The summed E-state index contributed by atoms with van der Waals surface area (Å²) in [4.78, 5) is 4.53. The Morgan fingerprint density at radius 2 is 1.26 bits per heavy atom. The molecule has 2 aromatic carbocycles. The van der Waals surface area contributed by atoms with Gasteiger partial charge in [0.05, 0.1) is 5.69 Å². The molecular formula is C19H15Cl2NO. The van der Waals surface area contributed by atoms with Crippen molar-refractivity contribution in [2.75, 3.05) is 0 Å². The van der Waals surface area contributed by atoms with Gasteiger partial charge in [-0.15, -0.1) is 0 Å². The second-order valence-corrected chi connectivity index (χ2v) is 6.26. The molecule has 0 saturated heterocycles. The molecule has 1 aromatic heterocycles. The van der Waals surface area contributed by atoms with Crippen LogP contribution in [0.4, 0.5) is 0 Å². The molecular weight excluding hydrogens is 329 g/mol. The van der Waals surface area contributed by atoms with Crippen molar-refractivity contribution in [2.45, 2.75) is 12.5 Å². The Balaban J connectivity index is 2.24. The van der Waals surface area contributed by atoms with Crippen LogP contribution in [0.15, 0.2) is 66.7 Å². The number of hydrogen-bond donors (Lipinski definition) is 1. The fourth-order valence-corrected chi connectivity index (χ4v) is 2.84. The SMILES string of the molecule is Cc1cccc(C(O)(c2ccc(Cl)cc2)c2ccc(Cl)cc2)n1. The van der Waals surface area contributed by atoms with Crippen LogP contribution in [0.2, 0.25) is 10.0 Å². The molecule has 0 fully saturated rings. The third-order valence-electron chi connectivity index (χ3n) is 3.78. The van der Waals surface area contributed by atoms with E-state index < -0.39 is 5.60 Å². The highest BCUT2D eigenvalue weighted by Crippen LogP contribution is 2.36. The maximum absolute atomic E-state index is 11.6. The Hall–Kier alpha value is -1.87. The predicted octanol–water partition coefficient (Wildman–Crippen LogP) is 4.98. The van der Waals surface area contributed by atoms with Crippen LogP contribution in [0.1, 0.15) is 22.5 Å². The second kappa shape index (κ2) is 6.32. The van der Waals surface area contributed by atoms with E-state index >= 15 is 0 Å². The van der Waals surface area contributed by atoms with Gasteiger partial charge in [-0.3, -0.25) is 4.98 Å². The molecule has 0 aliphatic rings. The van der Waals surface area contributed by atoms with E-state index in [0.717, 1.165) is 5.69 Å². The molecule has 0 spiro atoms. The molecule has 3 aromatic rings. The minimum Gasteiger partial charge on any atom is -0.374 e. The number of aromatic nitrogens is 1. The zero-order valence-electron chi connectivity index (χ0n) is 12.5. The third-order valence-corrected chi connectivity index (χ3v) is 4.29. The van der Waals surface area contributed by atoms with E-state index in [9.17, 15) is 5.11 Å². The highest BCUT2D eigenvalue weighted by Gasteiger charge is 2.35. The molecule has 3 rings (SSSR count). The maximum Gasteiger partial charge on any atom is 0.157 e. The lowest BCUT2D eigenvalue weighted by atomic mass is 9.83. The van der Waals surface area contributed by atoms with Crippen molar-refractivity contribution in [3.05, 3.63) is 99.3 Å². The Labute approximate surface area is 145 Å². The van der Waals surface area contributed by atoms with E-state index in [1.807, 2.05) is 25.1 Å². The summed E-state index contributed by atoms with van der Waals surface area (Å²) >= 11 is 12.0. The molecule has 1 N–H and O–H groups in total. The molecule has 0 radical (unpaired) electrons. The van der Waals surface area contributed by atoms with Crippen LogP contribution in [0.3, 0.4) is 0 Å². The first kappa shape index (κ1) is 16.0. The number of aliphatic hydroxyl groups is 1. The highest BCUT2D eigenvalue weighted by atomic mass is 35.5. The molecule has 0 amide bonds.